The second-order valence-corrected chi connectivity index (χ2v) is 18.5. The summed E-state index contributed by atoms with van der Waals surface area (Å²) in [5.41, 5.74) is 0. The molecule has 0 spiro atoms. The van der Waals surface area contributed by atoms with E-state index in [1.54, 1.807) is 0 Å². The molecule has 0 aliphatic heterocycles. The summed E-state index contributed by atoms with van der Waals surface area (Å²) < 4.78 is 34.2. The van der Waals surface area contributed by atoms with Crippen LogP contribution in [0.15, 0.2) is 158 Å². The third-order valence-corrected chi connectivity index (χ3v) is 10.6. The van der Waals surface area contributed by atoms with Crippen LogP contribution in [-0.4, -0.2) is 74.9 Å². The van der Waals surface area contributed by atoms with Crippen LogP contribution in [0.25, 0.3) is 0 Å². The van der Waals surface area contributed by atoms with Gasteiger partial charge in [-0.2, -0.15) is 0 Å². The lowest BCUT2D eigenvalue weighted by atomic mass is 10.1. The first-order valence-corrected chi connectivity index (χ1v) is 26.7. The number of hydrogen-bond acceptors (Lipinski definition) is 7. The number of esters is 2. The molecule has 0 heterocycles. The van der Waals surface area contributed by atoms with Crippen LogP contribution >= 0.6 is 7.82 Å². The molecule has 0 aromatic carbocycles. The van der Waals surface area contributed by atoms with Crippen molar-refractivity contribution in [3.8, 4) is 0 Å². The average molecular weight is 961 g/mol. The van der Waals surface area contributed by atoms with Crippen molar-refractivity contribution in [2.24, 2.45) is 0 Å². The molecule has 2 unspecified atom stereocenters. The van der Waals surface area contributed by atoms with Crippen molar-refractivity contribution < 1.29 is 42.1 Å². The molecule has 0 aromatic rings. The molecule has 0 amide bonds. The fourth-order valence-electron chi connectivity index (χ4n) is 5.72. The summed E-state index contributed by atoms with van der Waals surface area (Å²) in [7, 11) is 1.39. The van der Waals surface area contributed by atoms with Crippen molar-refractivity contribution in [1.82, 2.24) is 0 Å². The quantitative estimate of drug-likeness (QED) is 0.0212. The Balaban J connectivity index is 4.39. The summed E-state index contributed by atoms with van der Waals surface area (Å²) in [4.78, 5) is 35.4. The average Bonchev–Trinajstić information content (AvgIpc) is 3.30. The lowest BCUT2D eigenvalue weighted by Gasteiger charge is -2.24. The molecule has 380 valence electrons. The molecule has 0 fully saturated rings. The number of rotatable bonds is 43. The first kappa shape index (κ1) is 63.6. The van der Waals surface area contributed by atoms with E-state index in [0.29, 0.717) is 23.9 Å². The van der Waals surface area contributed by atoms with Crippen LogP contribution in [0.2, 0.25) is 0 Å². The van der Waals surface area contributed by atoms with Crippen molar-refractivity contribution in [3.63, 3.8) is 0 Å². The lowest BCUT2D eigenvalue weighted by Crippen LogP contribution is -2.37. The molecule has 68 heavy (non-hydrogen) atoms. The molecule has 0 saturated heterocycles. The topological polar surface area (TPSA) is 108 Å². The number of allylic oxidation sites excluding steroid dienone is 26. The van der Waals surface area contributed by atoms with Crippen molar-refractivity contribution >= 4 is 19.8 Å². The SMILES string of the molecule is CC/C=C\C/C=C\C/C=C\C/C=C\C/C=C\C/C=C\C/C=C\C/C=C\C/C=C\CCCCCC(=O)OC(COC(=O)CC/C=C\C/C=C\C/C=C\C/C=C\CC)COP(=O)(O)OCC[N+](C)(C)C. The molecule has 0 bridgehead atoms. The number of ether oxygens (including phenoxy) is 2. The third-order valence-electron chi connectivity index (χ3n) is 9.57. The highest BCUT2D eigenvalue weighted by Gasteiger charge is 2.27. The van der Waals surface area contributed by atoms with Gasteiger partial charge in [-0.25, -0.2) is 4.57 Å². The summed E-state index contributed by atoms with van der Waals surface area (Å²) in [5, 5.41) is 0. The van der Waals surface area contributed by atoms with Crippen molar-refractivity contribution in [2.75, 3.05) is 47.5 Å². The van der Waals surface area contributed by atoms with Crippen molar-refractivity contribution in [1.29, 1.82) is 0 Å². The Bertz CT molecular complexity index is 1700. The minimum atomic E-state index is -4.42. The second-order valence-electron chi connectivity index (χ2n) is 17.1. The van der Waals surface area contributed by atoms with E-state index in [1.165, 1.54) is 0 Å². The zero-order valence-electron chi connectivity index (χ0n) is 42.8. The molecule has 2 atom stereocenters. The fourth-order valence-corrected chi connectivity index (χ4v) is 6.46. The van der Waals surface area contributed by atoms with Crippen LogP contribution in [-0.2, 0) is 32.7 Å². The molecule has 9 nitrogen and oxygen atoms in total. The predicted molar refractivity (Wildman–Crippen MR) is 288 cm³/mol. The number of quaternary nitrogens is 1. The van der Waals surface area contributed by atoms with Crippen LogP contribution in [0.5, 0.6) is 0 Å². The Morgan fingerprint density at radius 2 is 0.824 bits per heavy atom. The highest BCUT2D eigenvalue weighted by molar-refractivity contribution is 7.47. The number of likely N-dealkylation sites (N-methyl/N-ethyl adjacent to an activating group) is 1. The molecule has 0 saturated carbocycles. The fraction of sp³-hybridized carbons (Fsp3) is 0.517. The maximum atomic E-state index is 12.7. The van der Waals surface area contributed by atoms with Gasteiger partial charge >= 0.3 is 19.8 Å². The van der Waals surface area contributed by atoms with E-state index in [1.807, 2.05) is 33.3 Å². The molecule has 0 aromatic heterocycles. The van der Waals surface area contributed by atoms with Crippen LogP contribution in [0.3, 0.4) is 0 Å². The van der Waals surface area contributed by atoms with Gasteiger partial charge in [0.15, 0.2) is 6.10 Å². The Morgan fingerprint density at radius 1 is 0.456 bits per heavy atom. The maximum Gasteiger partial charge on any atom is 0.472 e. The van der Waals surface area contributed by atoms with Gasteiger partial charge in [0, 0.05) is 12.8 Å². The van der Waals surface area contributed by atoms with Gasteiger partial charge in [0.2, 0.25) is 0 Å². The predicted octanol–water partition coefficient (Wildman–Crippen LogP) is 15.4. The molecule has 0 rings (SSSR count). The van der Waals surface area contributed by atoms with Gasteiger partial charge in [-0.05, 0) is 109 Å². The zero-order valence-corrected chi connectivity index (χ0v) is 43.7. The number of carbonyl (C=O) groups excluding carboxylic acids is 2. The van der Waals surface area contributed by atoms with Crippen LogP contribution < -0.4 is 0 Å². The van der Waals surface area contributed by atoms with Gasteiger partial charge in [0.25, 0.3) is 0 Å². The van der Waals surface area contributed by atoms with E-state index < -0.39 is 32.5 Å². The normalized spacial score (nSPS) is 14.7. The second kappa shape index (κ2) is 47.7. The molecule has 10 heteroatoms. The molecular formula is C58H91NO8P+. The van der Waals surface area contributed by atoms with Gasteiger partial charge in [0.05, 0.1) is 27.7 Å². The summed E-state index contributed by atoms with van der Waals surface area (Å²) in [6.45, 7) is 4.02. The van der Waals surface area contributed by atoms with Gasteiger partial charge in [-0.15, -0.1) is 0 Å². The minimum absolute atomic E-state index is 0.00431. The molecule has 0 radical (unpaired) electrons. The number of phosphoric acid groups is 1. The standard InChI is InChI=1S/C58H90NO8P/c1-6-8-10-12-14-16-18-20-21-22-23-24-25-26-27-28-29-30-31-32-33-34-35-36-37-39-41-43-45-47-49-51-58(61)67-56(55-66-68(62,63)65-53-52-59(3,4)5)54-64-57(60)50-48-46-44-42-40-38-19-17-15-13-11-9-7-2/h8-11,14-17,20-21,23-24,26-27,29-30,32-33,35-36,38-41,44,46,56H,6-7,12-13,18-19,22,25,28,31,34,37,42-43,45,47-55H2,1-5H3/p+1/b10-8-,11-9-,16-14-,17-15-,21-20-,24-23-,27-26-,30-29-,33-32-,36-35-,40-38-,41-39-,46-44-. The molecule has 0 aliphatic rings. The zero-order chi connectivity index (χ0) is 49.9. The van der Waals surface area contributed by atoms with Crippen LogP contribution in [0.1, 0.15) is 142 Å². The number of hydrogen-bond donors (Lipinski definition) is 1. The van der Waals surface area contributed by atoms with Gasteiger partial charge in [-0.3, -0.25) is 18.6 Å². The number of carbonyl (C=O) groups is 2. The maximum absolute atomic E-state index is 12.7. The first-order chi connectivity index (χ1) is 33.0. The van der Waals surface area contributed by atoms with Crippen molar-refractivity contribution in [3.05, 3.63) is 158 Å². The Labute approximate surface area is 414 Å². The monoisotopic (exact) mass is 961 g/mol. The van der Waals surface area contributed by atoms with E-state index in [0.717, 1.165) is 103 Å². The summed E-state index contributed by atoms with van der Waals surface area (Å²) in [6.07, 6.45) is 71.9. The molecular weight excluding hydrogens is 870 g/mol. The van der Waals surface area contributed by atoms with E-state index >= 15 is 0 Å². The minimum Gasteiger partial charge on any atom is -0.462 e. The van der Waals surface area contributed by atoms with Crippen LogP contribution in [0, 0.1) is 0 Å². The Hall–Kier alpha value is -4.37. The highest BCUT2D eigenvalue weighted by Crippen LogP contribution is 2.43. The van der Waals surface area contributed by atoms with Crippen LogP contribution in [0.4, 0.5) is 0 Å². The summed E-state index contributed by atoms with van der Waals surface area (Å²) in [6, 6.07) is 0. The Morgan fingerprint density at radius 3 is 1.21 bits per heavy atom. The highest BCUT2D eigenvalue weighted by atomic mass is 31.2. The Kier molecular flexibility index (Phi) is 44.6. The van der Waals surface area contributed by atoms with Gasteiger partial charge in [-0.1, -0.05) is 178 Å². The van der Waals surface area contributed by atoms with E-state index in [4.69, 9.17) is 18.5 Å². The van der Waals surface area contributed by atoms with Crippen molar-refractivity contribution in [2.45, 2.75) is 148 Å². The molecule has 0 aliphatic carbocycles. The summed E-state index contributed by atoms with van der Waals surface area (Å²) >= 11 is 0. The van der Waals surface area contributed by atoms with Gasteiger partial charge < -0.3 is 18.9 Å². The number of unbranched alkanes of at least 4 members (excludes halogenated alkanes) is 3. The first-order valence-electron chi connectivity index (χ1n) is 25.2. The number of phosphoric ester groups is 1. The van der Waals surface area contributed by atoms with E-state index in [2.05, 4.69) is 160 Å². The smallest absolute Gasteiger partial charge is 0.462 e. The summed E-state index contributed by atoms with van der Waals surface area (Å²) in [5.74, 6) is -0.951. The van der Waals surface area contributed by atoms with E-state index in [9.17, 15) is 19.0 Å². The van der Waals surface area contributed by atoms with E-state index in [-0.39, 0.29) is 26.1 Å². The largest absolute Gasteiger partial charge is 0.472 e. The lowest BCUT2D eigenvalue weighted by molar-refractivity contribution is -0.870. The molecule has 1 N–H and O–H groups in total. The van der Waals surface area contributed by atoms with Gasteiger partial charge in [0.1, 0.15) is 19.8 Å². The third kappa shape index (κ3) is 51.0. The number of nitrogens with zero attached hydrogens (tertiary/aromatic N) is 1.